The number of aliphatic imine (C=N–C) groups is 1. The second-order valence-corrected chi connectivity index (χ2v) is 5.97. The van der Waals surface area contributed by atoms with Gasteiger partial charge in [-0.05, 0) is 30.2 Å². The second-order valence-electron chi connectivity index (χ2n) is 5.97. The van der Waals surface area contributed by atoms with E-state index in [0.717, 1.165) is 24.7 Å². The van der Waals surface area contributed by atoms with Gasteiger partial charge in [0.25, 0.3) is 0 Å². The zero-order valence-corrected chi connectivity index (χ0v) is 15.3. The molecule has 7 heteroatoms. The first kappa shape index (κ1) is 17.7. The summed E-state index contributed by atoms with van der Waals surface area (Å²) in [5.74, 6) is 0.794. The highest BCUT2D eigenvalue weighted by atomic mass is 15.3. The lowest BCUT2D eigenvalue weighted by Crippen LogP contribution is -2.37. The molecular weight excluding hydrogens is 326 g/mol. The summed E-state index contributed by atoms with van der Waals surface area (Å²) in [5.41, 5.74) is 3.53. The van der Waals surface area contributed by atoms with Gasteiger partial charge in [-0.1, -0.05) is 24.3 Å². The van der Waals surface area contributed by atoms with Crippen LogP contribution in [0.1, 0.15) is 23.7 Å². The van der Waals surface area contributed by atoms with Crippen molar-refractivity contribution in [2.45, 2.75) is 26.6 Å². The van der Waals surface area contributed by atoms with E-state index in [2.05, 4.69) is 46.0 Å². The fraction of sp³-hybridized carbons (Fsp3) is 0.316. The van der Waals surface area contributed by atoms with Gasteiger partial charge in [0.2, 0.25) is 0 Å². The van der Waals surface area contributed by atoms with Crippen molar-refractivity contribution < 1.29 is 0 Å². The van der Waals surface area contributed by atoms with E-state index in [0.29, 0.717) is 13.1 Å². The maximum absolute atomic E-state index is 4.74. The Morgan fingerprint density at radius 2 is 1.88 bits per heavy atom. The zero-order chi connectivity index (χ0) is 18.2. The SMILES string of the molecule is CCNC(=NCc1ccccc1Cn1cccn1)NCc1ccnn1C. The van der Waals surface area contributed by atoms with E-state index in [1.165, 1.54) is 11.1 Å². The molecule has 0 saturated heterocycles. The van der Waals surface area contributed by atoms with Crippen molar-refractivity contribution in [2.24, 2.45) is 12.0 Å². The van der Waals surface area contributed by atoms with Crippen molar-refractivity contribution in [3.63, 3.8) is 0 Å². The maximum atomic E-state index is 4.74. The van der Waals surface area contributed by atoms with Gasteiger partial charge in [0.15, 0.2) is 5.96 Å². The van der Waals surface area contributed by atoms with Crippen LogP contribution in [-0.4, -0.2) is 32.1 Å². The molecule has 2 heterocycles. The van der Waals surface area contributed by atoms with Gasteiger partial charge in [-0.25, -0.2) is 4.99 Å². The fourth-order valence-electron chi connectivity index (χ4n) is 2.69. The number of rotatable bonds is 7. The van der Waals surface area contributed by atoms with E-state index >= 15 is 0 Å². The molecule has 0 radical (unpaired) electrons. The van der Waals surface area contributed by atoms with E-state index in [1.54, 1.807) is 12.4 Å². The van der Waals surface area contributed by atoms with E-state index in [-0.39, 0.29) is 0 Å². The highest BCUT2D eigenvalue weighted by Crippen LogP contribution is 2.11. The number of aryl methyl sites for hydroxylation is 1. The Bertz CT molecular complexity index is 833. The quantitative estimate of drug-likeness (QED) is 0.504. The minimum atomic E-state index is 0.609. The van der Waals surface area contributed by atoms with Gasteiger partial charge in [-0.3, -0.25) is 9.36 Å². The van der Waals surface area contributed by atoms with E-state index in [4.69, 9.17) is 4.99 Å². The molecule has 3 aromatic rings. The number of aromatic nitrogens is 4. The molecule has 0 aliphatic rings. The van der Waals surface area contributed by atoms with Crippen LogP contribution in [0, 0.1) is 0 Å². The Kier molecular flexibility index (Phi) is 6.03. The number of nitrogens with one attached hydrogen (secondary N) is 2. The van der Waals surface area contributed by atoms with Crippen LogP contribution in [0.25, 0.3) is 0 Å². The van der Waals surface area contributed by atoms with Crippen molar-refractivity contribution in [3.05, 3.63) is 71.8 Å². The minimum Gasteiger partial charge on any atom is -0.357 e. The summed E-state index contributed by atoms with van der Waals surface area (Å²) in [5, 5.41) is 15.1. The molecule has 0 saturated carbocycles. The van der Waals surface area contributed by atoms with E-state index < -0.39 is 0 Å². The molecule has 136 valence electrons. The van der Waals surface area contributed by atoms with Crippen molar-refractivity contribution in [1.82, 2.24) is 30.2 Å². The van der Waals surface area contributed by atoms with Gasteiger partial charge in [0, 0.05) is 32.2 Å². The predicted molar refractivity (Wildman–Crippen MR) is 103 cm³/mol. The molecule has 0 amide bonds. The number of guanidine groups is 1. The van der Waals surface area contributed by atoms with Crippen LogP contribution < -0.4 is 10.6 Å². The number of nitrogens with zero attached hydrogens (tertiary/aromatic N) is 5. The predicted octanol–water partition coefficient (Wildman–Crippen LogP) is 1.92. The average molecular weight is 351 g/mol. The van der Waals surface area contributed by atoms with E-state index in [9.17, 15) is 0 Å². The molecule has 2 aromatic heterocycles. The first-order valence-electron chi connectivity index (χ1n) is 8.79. The number of hydrogen-bond acceptors (Lipinski definition) is 3. The lowest BCUT2D eigenvalue weighted by molar-refractivity contribution is 0.678. The number of benzene rings is 1. The minimum absolute atomic E-state index is 0.609. The van der Waals surface area contributed by atoms with Crippen LogP contribution in [-0.2, 0) is 26.7 Å². The van der Waals surface area contributed by atoms with Crippen LogP contribution in [0.15, 0.2) is 60.0 Å². The Labute approximate surface area is 153 Å². The first-order chi connectivity index (χ1) is 12.8. The van der Waals surface area contributed by atoms with Gasteiger partial charge in [-0.15, -0.1) is 0 Å². The highest BCUT2D eigenvalue weighted by Gasteiger charge is 2.05. The largest absolute Gasteiger partial charge is 0.357 e. The van der Waals surface area contributed by atoms with Gasteiger partial charge in [-0.2, -0.15) is 10.2 Å². The summed E-state index contributed by atoms with van der Waals surface area (Å²) in [4.78, 5) is 4.74. The average Bonchev–Trinajstić information content (AvgIpc) is 3.30. The first-order valence-corrected chi connectivity index (χ1v) is 8.79. The van der Waals surface area contributed by atoms with Crippen molar-refractivity contribution in [2.75, 3.05) is 6.54 Å². The molecule has 3 rings (SSSR count). The van der Waals surface area contributed by atoms with Crippen LogP contribution in [0.4, 0.5) is 0 Å². The lowest BCUT2D eigenvalue weighted by Gasteiger charge is -2.13. The molecule has 1 aromatic carbocycles. The molecule has 2 N–H and O–H groups in total. The molecule has 26 heavy (non-hydrogen) atoms. The Morgan fingerprint density at radius 3 is 2.58 bits per heavy atom. The number of hydrogen-bond donors (Lipinski definition) is 2. The highest BCUT2D eigenvalue weighted by molar-refractivity contribution is 5.79. The van der Waals surface area contributed by atoms with Gasteiger partial charge in [0.1, 0.15) is 0 Å². The molecule has 0 aliphatic carbocycles. The van der Waals surface area contributed by atoms with Crippen LogP contribution in [0.5, 0.6) is 0 Å². The molecule has 7 nitrogen and oxygen atoms in total. The summed E-state index contributed by atoms with van der Waals surface area (Å²) in [6.07, 6.45) is 5.57. The topological polar surface area (TPSA) is 72.1 Å². The molecule has 0 unspecified atom stereocenters. The normalized spacial score (nSPS) is 11.5. The van der Waals surface area contributed by atoms with Gasteiger partial charge >= 0.3 is 0 Å². The summed E-state index contributed by atoms with van der Waals surface area (Å²) < 4.78 is 3.78. The lowest BCUT2D eigenvalue weighted by atomic mass is 10.1. The van der Waals surface area contributed by atoms with Gasteiger partial charge in [0.05, 0.1) is 25.3 Å². The maximum Gasteiger partial charge on any atom is 0.191 e. The Hall–Kier alpha value is -3.09. The fourth-order valence-corrected chi connectivity index (χ4v) is 2.69. The third-order valence-electron chi connectivity index (χ3n) is 4.12. The van der Waals surface area contributed by atoms with Gasteiger partial charge < -0.3 is 10.6 Å². The van der Waals surface area contributed by atoms with Crippen molar-refractivity contribution >= 4 is 5.96 Å². The summed E-state index contributed by atoms with van der Waals surface area (Å²) in [6.45, 7) is 4.91. The molecule has 0 fully saturated rings. The molecule has 0 atom stereocenters. The summed E-state index contributed by atoms with van der Waals surface area (Å²) in [7, 11) is 1.94. The van der Waals surface area contributed by atoms with Crippen molar-refractivity contribution in [1.29, 1.82) is 0 Å². The summed E-state index contributed by atoms with van der Waals surface area (Å²) >= 11 is 0. The van der Waals surface area contributed by atoms with Crippen molar-refractivity contribution in [3.8, 4) is 0 Å². The third-order valence-corrected chi connectivity index (χ3v) is 4.12. The molecule has 0 spiro atoms. The Balaban J connectivity index is 1.68. The zero-order valence-electron chi connectivity index (χ0n) is 15.3. The summed E-state index contributed by atoms with van der Waals surface area (Å²) in [6, 6.07) is 12.3. The van der Waals surface area contributed by atoms with Crippen LogP contribution in [0.3, 0.4) is 0 Å². The third kappa shape index (κ3) is 4.72. The second kappa shape index (κ2) is 8.84. The monoisotopic (exact) mass is 351 g/mol. The van der Waals surface area contributed by atoms with E-state index in [1.807, 2.05) is 40.8 Å². The smallest absolute Gasteiger partial charge is 0.191 e. The Morgan fingerprint density at radius 1 is 1.04 bits per heavy atom. The van der Waals surface area contributed by atoms with Crippen LogP contribution in [0.2, 0.25) is 0 Å². The standard InChI is InChI=1S/C19H25N7/c1-3-20-19(22-14-18-9-11-23-25(18)2)21-13-16-7-4-5-8-17(16)15-26-12-6-10-24-26/h4-12H,3,13-15H2,1-2H3,(H2,20,21,22). The molecule has 0 aliphatic heterocycles. The molecular formula is C19H25N7. The van der Waals surface area contributed by atoms with Crippen LogP contribution >= 0.6 is 0 Å². The molecule has 0 bridgehead atoms.